The summed E-state index contributed by atoms with van der Waals surface area (Å²) < 4.78 is 0. The molecule has 1 fully saturated rings. The first-order valence-corrected chi connectivity index (χ1v) is 8.23. The van der Waals surface area contributed by atoms with Crippen LogP contribution < -0.4 is 16.0 Å². The Bertz CT molecular complexity index is 697. The lowest BCUT2D eigenvalue weighted by atomic mass is 10.1. The third-order valence-corrected chi connectivity index (χ3v) is 4.41. The predicted molar refractivity (Wildman–Crippen MR) is 96.3 cm³/mol. The van der Waals surface area contributed by atoms with Crippen LogP contribution in [-0.4, -0.2) is 19.0 Å². The minimum atomic E-state index is -0.179. The molecule has 1 amide bonds. The molecule has 2 aromatic rings. The zero-order chi connectivity index (χ0) is 16.2. The maximum absolute atomic E-state index is 12.3. The molecule has 0 aliphatic carbocycles. The highest BCUT2D eigenvalue weighted by Gasteiger charge is 2.17. The molecule has 5 heteroatoms. The van der Waals surface area contributed by atoms with Gasteiger partial charge in [0.25, 0.3) is 5.91 Å². The van der Waals surface area contributed by atoms with Crippen LogP contribution in [0.1, 0.15) is 29.6 Å². The van der Waals surface area contributed by atoms with Crippen molar-refractivity contribution in [2.24, 2.45) is 0 Å². The second-order valence-corrected chi connectivity index (χ2v) is 6.17. The molecule has 1 aliphatic rings. The first-order valence-electron chi connectivity index (χ1n) is 7.85. The van der Waals surface area contributed by atoms with E-state index in [2.05, 4.69) is 10.2 Å². The van der Waals surface area contributed by atoms with Crippen molar-refractivity contribution in [2.45, 2.75) is 19.3 Å². The van der Waals surface area contributed by atoms with Gasteiger partial charge in [-0.3, -0.25) is 4.79 Å². The summed E-state index contributed by atoms with van der Waals surface area (Å²) in [6, 6.07) is 12.7. The molecule has 0 atom stereocenters. The summed E-state index contributed by atoms with van der Waals surface area (Å²) in [6.07, 6.45) is 3.57. The third kappa shape index (κ3) is 3.59. The minimum absolute atomic E-state index is 0.179. The van der Waals surface area contributed by atoms with E-state index in [9.17, 15) is 4.79 Å². The normalized spacial score (nSPS) is 14.6. The van der Waals surface area contributed by atoms with Gasteiger partial charge in [-0.2, -0.15) is 0 Å². The molecule has 0 radical (unpaired) electrons. The van der Waals surface area contributed by atoms with Crippen molar-refractivity contribution < 1.29 is 4.79 Å². The van der Waals surface area contributed by atoms with Gasteiger partial charge in [0, 0.05) is 18.7 Å². The van der Waals surface area contributed by atoms with E-state index in [4.69, 9.17) is 17.3 Å². The lowest BCUT2D eigenvalue weighted by Gasteiger charge is -2.30. The predicted octanol–water partition coefficient (Wildman–Crippen LogP) is 4.16. The maximum Gasteiger partial charge on any atom is 0.255 e. The average molecular weight is 330 g/mol. The van der Waals surface area contributed by atoms with E-state index in [1.165, 1.54) is 6.42 Å². The van der Waals surface area contributed by atoms with Crippen LogP contribution in [0.2, 0.25) is 5.02 Å². The zero-order valence-corrected chi connectivity index (χ0v) is 13.6. The molecule has 4 nitrogen and oxygen atoms in total. The molecule has 0 bridgehead atoms. The van der Waals surface area contributed by atoms with Crippen LogP contribution in [0.25, 0.3) is 0 Å². The lowest BCUT2D eigenvalue weighted by molar-refractivity contribution is 0.102. The first kappa shape index (κ1) is 15.7. The van der Waals surface area contributed by atoms with E-state index in [1.807, 2.05) is 24.3 Å². The van der Waals surface area contributed by atoms with Gasteiger partial charge in [0.15, 0.2) is 0 Å². The summed E-state index contributed by atoms with van der Waals surface area (Å²) in [5.41, 5.74) is 8.90. The number of carbonyl (C=O) groups excluding carboxylic acids is 1. The maximum atomic E-state index is 12.3. The highest BCUT2D eigenvalue weighted by atomic mass is 35.5. The van der Waals surface area contributed by atoms with Gasteiger partial charge in [0.2, 0.25) is 0 Å². The molecule has 23 heavy (non-hydrogen) atoms. The van der Waals surface area contributed by atoms with E-state index in [-0.39, 0.29) is 5.91 Å². The fraction of sp³-hybridized carbons (Fsp3) is 0.278. The first-order chi connectivity index (χ1) is 11.1. The molecule has 0 spiro atoms. The van der Waals surface area contributed by atoms with E-state index in [0.717, 1.165) is 31.6 Å². The molecule has 3 N–H and O–H groups in total. The fourth-order valence-corrected chi connectivity index (χ4v) is 3.09. The Morgan fingerprint density at radius 1 is 1.09 bits per heavy atom. The van der Waals surface area contributed by atoms with Crippen LogP contribution in [0.3, 0.4) is 0 Å². The number of nitrogens with one attached hydrogen (secondary N) is 1. The summed E-state index contributed by atoms with van der Waals surface area (Å²) in [5.74, 6) is -0.179. The number of rotatable bonds is 3. The number of nitrogens with two attached hydrogens (primary N) is 1. The number of amides is 1. The van der Waals surface area contributed by atoms with E-state index in [1.54, 1.807) is 18.2 Å². The second kappa shape index (κ2) is 6.92. The second-order valence-electron chi connectivity index (χ2n) is 5.76. The van der Waals surface area contributed by atoms with Gasteiger partial charge >= 0.3 is 0 Å². The Kier molecular flexibility index (Phi) is 4.72. The molecule has 2 aromatic carbocycles. The molecular weight excluding hydrogens is 310 g/mol. The van der Waals surface area contributed by atoms with E-state index in [0.29, 0.717) is 22.0 Å². The van der Waals surface area contributed by atoms with Crippen LogP contribution in [-0.2, 0) is 0 Å². The number of hydrogen-bond acceptors (Lipinski definition) is 3. The minimum Gasteiger partial charge on any atom is -0.397 e. The van der Waals surface area contributed by atoms with Crippen molar-refractivity contribution in [1.29, 1.82) is 0 Å². The van der Waals surface area contributed by atoms with Gasteiger partial charge in [-0.25, -0.2) is 0 Å². The van der Waals surface area contributed by atoms with Crippen LogP contribution in [0.5, 0.6) is 0 Å². The number of hydrogen-bond donors (Lipinski definition) is 2. The summed E-state index contributed by atoms with van der Waals surface area (Å²) in [4.78, 5) is 14.6. The quantitative estimate of drug-likeness (QED) is 0.831. The number of benzene rings is 2. The van der Waals surface area contributed by atoms with Gasteiger partial charge in [0.05, 0.1) is 22.1 Å². The van der Waals surface area contributed by atoms with Gasteiger partial charge in [-0.1, -0.05) is 29.8 Å². The van der Waals surface area contributed by atoms with Crippen molar-refractivity contribution in [3.05, 3.63) is 53.1 Å². The summed E-state index contributed by atoms with van der Waals surface area (Å²) >= 11 is 6.26. The van der Waals surface area contributed by atoms with Crippen molar-refractivity contribution >= 4 is 34.6 Å². The number of nitrogen functional groups attached to an aromatic ring is 1. The largest absolute Gasteiger partial charge is 0.397 e. The summed E-state index contributed by atoms with van der Waals surface area (Å²) in [6.45, 7) is 1.97. The zero-order valence-electron chi connectivity index (χ0n) is 12.9. The molecule has 0 unspecified atom stereocenters. The topological polar surface area (TPSA) is 58.4 Å². The number of halogens is 1. The van der Waals surface area contributed by atoms with Gasteiger partial charge in [0.1, 0.15) is 0 Å². The average Bonchev–Trinajstić information content (AvgIpc) is 2.59. The SMILES string of the molecule is Nc1cc(Cl)c(NC(=O)c2ccccc2)cc1N1CCCCC1. The van der Waals surface area contributed by atoms with E-state index >= 15 is 0 Å². The molecule has 1 heterocycles. The highest BCUT2D eigenvalue weighted by molar-refractivity contribution is 6.34. The van der Waals surface area contributed by atoms with Crippen LogP contribution in [0.4, 0.5) is 17.1 Å². The highest BCUT2D eigenvalue weighted by Crippen LogP contribution is 2.35. The van der Waals surface area contributed by atoms with E-state index < -0.39 is 0 Å². The molecule has 1 saturated heterocycles. The van der Waals surface area contributed by atoms with Crippen LogP contribution >= 0.6 is 11.6 Å². The molecule has 1 aliphatic heterocycles. The smallest absolute Gasteiger partial charge is 0.255 e. The Labute approximate surface area is 141 Å². The summed E-state index contributed by atoms with van der Waals surface area (Å²) in [7, 11) is 0. The molecular formula is C18H20ClN3O. The third-order valence-electron chi connectivity index (χ3n) is 4.10. The summed E-state index contributed by atoms with van der Waals surface area (Å²) in [5, 5.41) is 3.33. The monoisotopic (exact) mass is 329 g/mol. The number of anilines is 3. The molecule has 0 aromatic heterocycles. The van der Waals surface area contributed by atoms with Gasteiger partial charge in [-0.05, 0) is 43.5 Å². The van der Waals surface area contributed by atoms with Crippen molar-refractivity contribution in [3.8, 4) is 0 Å². The Morgan fingerprint density at radius 3 is 2.48 bits per heavy atom. The Morgan fingerprint density at radius 2 is 1.78 bits per heavy atom. The standard InChI is InChI=1S/C18H20ClN3O/c19-14-11-15(20)17(22-9-5-2-6-10-22)12-16(14)21-18(23)13-7-3-1-4-8-13/h1,3-4,7-8,11-12H,2,5-6,9-10,20H2,(H,21,23). The Balaban J connectivity index is 1.85. The molecule has 0 saturated carbocycles. The number of nitrogens with zero attached hydrogens (tertiary/aromatic N) is 1. The van der Waals surface area contributed by atoms with Crippen molar-refractivity contribution in [3.63, 3.8) is 0 Å². The van der Waals surface area contributed by atoms with Crippen molar-refractivity contribution in [2.75, 3.05) is 29.0 Å². The number of carbonyl (C=O) groups is 1. The lowest BCUT2D eigenvalue weighted by Crippen LogP contribution is -2.30. The number of piperidine rings is 1. The Hall–Kier alpha value is -2.20. The van der Waals surface area contributed by atoms with Gasteiger partial charge < -0.3 is 16.0 Å². The van der Waals surface area contributed by atoms with Crippen LogP contribution in [0, 0.1) is 0 Å². The fourth-order valence-electron chi connectivity index (χ4n) is 2.87. The van der Waals surface area contributed by atoms with Gasteiger partial charge in [-0.15, -0.1) is 0 Å². The molecule has 3 rings (SSSR count). The van der Waals surface area contributed by atoms with Crippen molar-refractivity contribution in [1.82, 2.24) is 0 Å². The van der Waals surface area contributed by atoms with Crippen LogP contribution in [0.15, 0.2) is 42.5 Å². The molecule has 120 valence electrons.